The van der Waals surface area contributed by atoms with Crippen molar-refractivity contribution in [3.63, 3.8) is 0 Å². The summed E-state index contributed by atoms with van der Waals surface area (Å²) >= 11 is 0. The van der Waals surface area contributed by atoms with E-state index in [-0.39, 0.29) is 11.7 Å². The van der Waals surface area contributed by atoms with E-state index < -0.39 is 5.82 Å². The van der Waals surface area contributed by atoms with Crippen molar-refractivity contribution in [2.45, 2.75) is 25.8 Å². The average Bonchev–Trinajstić information content (AvgIpc) is 2.82. The van der Waals surface area contributed by atoms with E-state index in [4.69, 9.17) is 4.74 Å². The number of aromatic nitrogens is 4. The third-order valence-corrected chi connectivity index (χ3v) is 3.40. The smallest absolute Gasteiger partial charge is 0.198 e. The van der Waals surface area contributed by atoms with Gasteiger partial charge in [-0.2, -0.15) is 0 Å². The highest BCUT2D eigenvalue weighted by Crippen LogP contribution is 2.29. The number of aryl methyl sites for hydroxylation is 1. The zero-order valence-electron chi connectivity index (χ0n) is 10.6. The second-order valence-corrected chi connectivity index (χ2v) is 4.57. The van der Waals surface area contributed by atoms with Crippen LogP contribution in [-0.4, -0.2) is 32.7 Å². The van der Waals surface area contributed by atoms with Gasteiger partial charge in [0.25, 0.3) is 0 Å². The first-order chi connectivity index (χ1) is 9.27. The van der Waals surface area contributed by atoms with Crippen molar-refractivity contribution in [2.75, 3.05) is 13.2 Å². The van der Waals surface area contributed by atoms with Gasteiger partial charge < -0.3 is 9.30 Å². The van der Waals surface area contributed by atoms with E-state index in [1.54, 1.807) is 6.20 Å². The Morgan fingerprint density at radius 2 is 2.16 bits per heavy atom. The Hall–Kier alpha value is -1.82. The Kier molecular flexibility index (Phi) is 3.25. The number of hydrogen-bond donors (Lipinski definition) is 0. The van der Waals surface area contributed by atoms with Gasteiger partial charge in [0.1, 0.15) is 11.5 Å². The van der Waals surface area contributed by atoms with Gasteiger partial charge in [0.15, 0.2) is 12.1 Å². The standard InChI is InChI=1S/C13H14FN4O/c1-9-16-7-12(13-11(14)6-15-8-17-13)18(9)10-2-4-19-5-3-10/h6-7,10H,2-5H2,1H3. The molecule has 19 heavy (non-hydrogen) atoms. The monoisotopic (exact) mass is 261 g/mol. The summed E-state index contributed by atoms with van der Waals surface area (Å²) in [6.45, 7) is 3.36. The van der Waals surface area contributed by atoms with Gasteiger partial charge in [-0.3, -0.25) is 0 Å². The van der Waals surface area contributed by atoms with Crippen LogP contribution in [0.1, 0.15) is 24.7 Å². The SMILES string of the molecule is Cc1ncc(-c2n[c]ncc2F)n1C1CCOCC1. The lowest BCUT2D eigenvalue weighted by Gasteiger charge is -2.26. The quantitative estimate of drug-likeness (QED) is 0.829. The Bertz CT molecular complexity index is 578. The molecule has 0 bridgehead atoms. The van der Waals surface area contributed by atoms with Gasteiger partial charge in [-0.25, -0.2) is 19.3 Å². The fourth-order valence-electron chi connectivity index (χ4n) is 2.49. The van der Waals surface area contributed by atoms with E-state index in [2.05, 4.69) is 21.3 Å². The summed E-state index contributed by atoms with van der Waals surface area (Å²) in [6.07, 6.45) is 7.02. The second-order valence-electron chi connectivity index (χ2n) is 4.57. The van der Waals surface area contributed by atoms with Gasteiger partial charge in [0.05, 0.1) is 18.1 Å². The average molecular weight is 261 g/mol. The van der Waals surface area contributed by atoms with E-state index in [0.29, 0.717) is 5.69 Å². The first-order valence-electron chi connectivity index (χ1n) is 6.28. The number of nitrogens with zero attached hydrogens (tertiary/aromatic N) is 4. The Morgan fingerprint density at radius 1 is 1.37 bits per heavy atom. The summed E-state index contributed by atoms with van der Waals surface area (Å²) in [5.74, 6) is 0.409. The molecule has 0 aromatic carbocycles. The summed E-state index contributed by atoms with van der Waals surface area (Å²) in [6, 6.07) is 0.278. The third-order valence-electron chi connectivity index (χ3n) is 3.40. The highest BCUT2D eigenvalue weighted by Gasteiger charge is 2.22. The van der Waals surface area contributed by atoms with E-state index in [9.17, 15) is 4.39 Å². The van der Waals surface area contributed by atoms with E-state index in [0.717, 1.165) is 38.1 Å². The molecule has 3 rings (SSSR count). The minimum atomic E-state index is -0.452. The molecule has 2 aromatic rings. The predicted octanol–water partition coefficient (Wildman–Crippen LogP) is 1.94. The van der Waals surface area contributed by atoms with E-state index in [1.165, 1.54) is 0 Å². The summed E-state index contributed by atoms with van der Waals surface area (Å²) in [7, 11) is 0. The number of hydrogen-bond acceptors (Lipinski definition) is 4. The van der Waals surface area contributed by atoms with Gasteiger partial charge in [-0.15, -0.1) is 0 Å². The number of halogens is 1. The molecule has 6 heteroatoms. The molecule has 0 N–H and O–H groups in total. The summed E-state index contributed by atoms with van der Waals surface area (Å²) in [5.41, 5.74) is 0.933. The summed E-state index contributed by atoms with van der Waals surface area (Å²) in [5, 5.41) is 0. The molecule has 0 spiro atoms. The van der Waals surface area contributed by atoms with Gasteiger partial charge in [-0.05, 0) is 19.8 Å². The molecule has 0 unspecified atom stereocenters. The molecule has 0 atom stereocenters. The van der Waals surface area contributed by atoms with Crippen LogP contribution in [0.25, 0.3) is 11.4 Å². The molecule has 0 saturated carbocycles. The highest BCUT2D eigenvalue weighted by atomic mass is 19.1. The lowest BCUT2D eigenvalue weighted by atomic mass is 10.1. The van der Waals surface area contributed by atoms with Crippen molar-refractivity contribution in [3.05, 3.63) is 30.4 Å². The normalized spacial score (nSPS) is 16.7. The lowest BCUT2D eigenvalue weighted by molar-refractivity contribution is 0.0694. The maximum Gasteiger partial charge on any atom is 0.198 e. The topological polar surface area (TPSA) is 52.8 Å². The van der Waals surface area contributed by atoms with Crippen LogP contribution >= 0.6 is 0 Å². The summed E-state index contributed by atoms with van der Waals surface area (Å²) in [4.78, 5) is 11.8. The zero-order chi connectivity index (χ0) is 13.2. The van der Waals surface area contributed by atoms with Crippen LogP contribution in [0, 0.1) is 19.1 Å². The van der Waals surface area contributed by atoms with Crippen LogP contribution in [0.15, 0.2) is 12.4 Å². The number of ether oxygens (including phenoxy) is 1. The minimum Gasteiger partial charge on any atom is -0.381 e. The van der Waals surface area contributed by atoms with Crippen molar-refractivity contribution in [3.8, 4) is 11.4 Å². The fraction of sp³-hybridized carbons (Fsp3) is 0.462. The Balaban J connectivity index is 2.05. The van der Waals surface area contributed by atoms with E-state index >= 15 is 0 Å². The third kappa shape index (κ3) is 2.23. The maximum atomic E-state index is 13.8. The summed E-state index contributed by atoms with van der Waals surface area (Å²) < 4.78 is 21.2. The van der Waals surface area contributed by atoms with Crippen molar-refractivity contribution in [1.29, 1.82) is 0 Å². The largest absolute Gasteiger partial charge is 0.381 e. The predicted molar refractivity (Wildman–Crippen MR) is 65.9 cm³/mol. The first kappa shape index (κ1) is 12.2. The van der Waals surface area contributed by atoms with Gasteiger partial charge in [0.2, 0.25) is 0 Å². The van der Waals surface area contributed by atoms with Gasteiger partial charge in [0, 0.05) is 19.3 Å². The lowest BCUT2D eigenvalue weighted by Crippen LogP contribution is -2.21. The zero-order valence-corrected chi connectivity index (χ0v) is 10.6. The van der Waals surface area contributed by atoms with Crippen LogP contribution in [0.5, 0.6) is 0 Å². The van der Waals surface area contributed by atoms with Crippen LogP contribution in [0.3, 0.4) is 0 Å². The molecule has 1 aliphatic rings. The number of rotatable bonds is 2. The molecule has 1 saturated heterocycles. The molecule has 99 valence electrons. The Morgan fingerprint density at radius 3 is 2.89 bits per heavy atom. The number of imidazole rings is 1. The van der Waals surface area contributed by atoms with Crippen molar-refractivity contribution in [2.24, 2.45) is 0 Å². The van der Waals surface area contributed by atoms with Crippen molar-refractivity contribution >= 4 is 0 Å². The fourth-order valence-corrected chi connectivity index (χ4v) is 2.49. The second kappa shape index (κ2) is 5.05. The highest BCUT2D eigenvalue weighted by molar-refractivity contribution is 5.54. The molecule has 2 aromatic heterocycles. The van der Waals surface area contributed by atoms with Crippen LogP contribution in [0.4, 0.5) is 4.39 Å². The van der Waals surface area contributed by atoms with Crippen LogP contribution in [-0.2, 0) is 4.74 Å². The van der Waals surface area contributed by atoms with Gasteiger partial charge in [-0.1, -0.05) is 0 Å². The molecule has 0 amide bonds. The molecule has 0 aliphatic carbocycles. The molecular weight excluding hydrogens is 247 g/mol. The first-order valence-corrected chi connectivity index (χ1v) is 6.28. The van der Waals surface area contributed by atoms with Crippen molar-refractivity contribution < 1.29 is 9.13 Å². The Labute approximate surface area is 110 Å². The van der Waals surface area contributed by atoms with Gasteiger partial charge >= 0.3 is 0 Å². The minimum absolute atomic E-state index is 0.252. The van der Waals surface area contributed by atoms with E-state index in [1.807, 2.05) is 11.5 Å². The molecular formula is C13H14FN4O. The molecule has 1 radical (unpaired) electrons. The van der Waals surface area contributed by atoms with Crippen LogP contribution in [0.2, 0.25) is 0 Å². The molecule has 3 heterocycles. The van der Waals surface area contributed by atoms with Crippen LogP contribution < -0.4 is 0 Å². The molecule has 5 nitrogen and oxygen atoms in total. The van der Waals surface area contributed by atoms with Crippen molar-refractivity contribution in [1.82, 2.24) is 19.5 Å². The molecule has 1 fully saturated rings. The molecule has 1 aliphatic heterocycles. The maximum absolute atomic E-state index is 13.8.